The van der Waals surface area contributed by atoms with E-state index >= 15 is 0 Å². The van der Waals surface area contributed by atoms with Gasteiger partial charge in [-0.25, -0.2) is 22.3 Å². The summed E-state index contributed by atoms with van der Waals surface area (Å²) in [5.41, 5.74) is 3.89. The van der Waals surface area contributed by atoms with Crippen LogP contribution in [0, 0.1) is 5.82 Å². The standard InChI is InChI=1S/C24H28FN3O2S2.C2HF3O2/c25-23-15-22(7-8-24(23)32(29,30)27-10-13-28-11-1-2-12-28)21-5-3-19(4-6-21)16-26-17-20-9-14-31-18-20;3-2(4,5)1(6)7/h3-9,14-15,18,26-27H,1-2,10-13,16-17H2;(H,6,7). The van der Waals surface area contributed by atoms with E-state index in [-0.39, 0.29) is 11.4 Å². The van der Waals surface area contributed by atoms with E-state index in [2.05, 4.69) is 31.8 Å². The number of carbonyl (C=O) groups is 1. The number of likely N-dealkylation sites (tertiary alicyclic amines) is 1. The van der Waals surface area contributed by atoms with Crippen molar-refractivity contribution in [3.8, 4) is 11.1 Å². The number of aliphatic carboxylic acids is 1. The summed E-state index contributed by atoms with van der Waals surface area (Å²) in [5.74, 6) is -3.50. The number of nitrogens with one attached hydrogen (secondary N) is 2. The van der Waals surface area contributed by atoms with E-state index in [4.69, 9.17) is 9.90 Å². The van der Waals surface area contributed by atoms with Crippen molar-refractivity contribution >= 4 is 27.3 Å². The molecular formula is C26H29F4N3O4S2. The molecule has 2 heterocycles. The molecule has 0 spiro atoms. The maximum absolute atomic E-state index is 14.7. The second kappa shape index (κ2) is 14.0. The lowest BCUT2D eigenvalue weighted by molar-refractivity contribution is -0.192. The molecule has 3 aromatic rings. The third kappa shape index (κ3) is 9.69. The van der Waals surface area contributed by atoms with Gasteiger partial charge in [0.1, 0.15) is 10.7 Å². The Labute approximate surface area is 228 Å². The second-order valence-corrected chi connectivity index (χ2v) is 11.3. The normalized spacial score (nSPS) is 14.2. The zero-order valence-electron chi connectivity index (χ0n) is 20.9. The van der Waals surface area contributed by atoms with Crippen LogP contribution in [0.1, 0.15) is 24.0 Å². The smallest absolute Gasteiger partial charge is 0.475 e. The van der Waals surface area contributed by atoms with Gasteiger partial charge in [-0.15, -0.1) is 0 Å². The first-order valence-electron chi connectivity index (χ1n) is 12.1. The number of hydrogen-bond acceptors (Lipinski definition) is 6. The van der Waals surface area contributed by atoms with Crippen LogP contribution in [0.25, 0.3) is 11.1 Å². The Balaban J connectivity index is 0.000000532. The molecule has 4 rings (SSSR count). The number of rotatable bonds is 10. The molecule has 0 radical (unpaired) electrons. The second-order valence-electron chi connectivity index (χ2n) is 8.83. The van der Waals surface area contributed by atoms with Crippen molar-refractivity contribution in [1.82, 2.24) is 14.9 Å². The summed E-state index contributed by atoms with van der Waals surface area (Å²) in [6.07, 6.45) is -2.79. The van der Waals surface area contributed by atoms with Crippen LogP contribution >= 0.6 is 11.3 Å². The van der Waals surface area contributed by atoms with Gasteiger partial charge in [0.2, 0.25) is 10.0 Å². The lowest BCUT2D eigenvalue weighted by Gasteiger charge is -2.15. The van der Waals surface area contributed by atoms with E-state index in [0.29, 0.717) is 12.1 Å². The molecular weight excluding hydrogens is 558 g/mol. The number of thiophene rings is 1. The Kier molecular flexibility index (Phi) is 11.0. The van der Waals surface area contributed by atoms with Gasteiger partial charge in [0.25, 0.3) is 0 Å². The highest BCUT2D eigenvalue weighted by Crippen LogP contribution is 2.25. The van der Waals surface area contributed by atoms with Gasteiger partial charge in [0.15, 0.2) is 0 Å². The van der Waals surface area contributed by atoms with Crippen molar-refractivity contribution in [2.45, 2.75) is 37.0 Å². The van der Waals surface area contributed by atoms with Crippen molar-refractivity contribution in [3.63, 3.8) is 0 Å². The van der Waals surface area contributed by atoms with Crippen molar-refractivity contribution < 1.29 is 35.9 Å². The summed E-state index contributed by atoms with van der Waals surface area (Å²) in [4.78, 5) is 10.8. The molecule has 7 nitrogen and oxygen atoms in total. The van der Waals surface area contributed by atoms with Gasteiger partial charge in [-0.2, -0.15) is 24.5 Å². The van der Waals surface area contributed by atoms with Crippen LogP contribution in [0.3, 0.4) is 0 Å². The maximum Gasteiger partial charge on any atom is 0.490 e. The fourth-order valence-corrected chi connectivity index (χ4v) is 5.63. The quantitative estimate of drug-likeness (QED) is 0.294. The predicted octanol–water partition coefficient (Wildman–Crippen LogP) is 4.85. The third-order valence-corrected chi connectivity index (χ3v) is 8.13. The number of hydrogen-bond donors (Lipinski definition) is 3. The minimum absolute atomic E-state index is 0.283. The first-order valence-corrected chi connectivity index (χ1v) is 14.5. The number of benzene rings is 2. The molecule has 0 atom stereocenters. The van der Waals surface area contributed by atoms with Gasteiger partial charge >= 0.3 is 12.1 Å². The van der Waals surface area contributed by atoms with E-state index in [9.17, 15) is 26.0 Å². The zero-order chi connectivity index (χ0) is 28.5. The molecule has 1 aliphatic rings. The largest absolute Gasteiger partial charge is 0.490 e. The Morgan fingerprint density at radius 3 is 2.15 bits per heavy atom. The SMILES string of the molecule is O=C(O)C(F)(F)F.O=S(=O)(NCCN1CCCC1)c1ccc(-c2ccc(CNCc3ccsc3)cc2)cc1F. The molecule has 3 N–H and O–H groups in total. The summed E-state index contributed by atoms with van der Waals surface area (Å²) in [6, 6.07) is 14.2. The van der Waals surface area contributed by atoms with Crippen LogP contribution in [0.15, 0.2) is 64.2 Å². The third-order valence-electron chi connectivity index (χ3n) is 5.91. The van der Waals surface area contributed by atoms with Gasteiger partial charge < -0.3 is 15.3 Å². The first-order chi connectivity index (χ1) is 18.5. The molecule has 1 saturated heterocycles. The fraction of sp³-hybridized carbons (Fsp3) is 0.346. The summed E-state index contributed by atoms with van der Waals surface area (Å²) in [6.45, 7) is 4.48. The number of carboxylic acid groups (broad SMARTS) is 1. The van der Waals surface area contributed by atoms with Crippen LogP contribution in [0.2, 0.25) is 0 Å². The Hall–Kier alpha value is -2.84. The number of nitrogens with zero attached hydrogens (tertiary/aromatic N) is 1. The average Bonchev–Trinajstić information content (AvgIpc) is 3.59. The minimum Gasteiger partial charge on any atom is -0.475 e. The van der Waals surface area contributed by atoms with Crippen molar-refractivity contribution in [2.24, 2.45) is 0 Å². The predicted molar refractivity (Wildman–Crippen MR) is 141 cm³/mol. The Morgan fingerprint density at radius 2 is 1.59 bits per heavy atom. The van der Waals surface area contributed by atoms with E-state index < -0.39 is 28.0 Å². The lowest BCUT2D eigenvalue weighted by atomic mass is 10.0. The molecule has 0 bridgehead atoms. The Bertz CT molecular complexity index is 1310. The molecule has 1 aliphatic heterocycles. The minimum atomic E-state index is -5.08. The maximum atomic E-state index is 14.7. The summed E-state index contributed by atoms with van der Waals surface area (Å²) in [7, 11) is -3.88. The van der Waals surface area contributed by atoms with Gasteiger partial charge in [0.05, 0.1) is 0 Å². The summed E-state index contributed by atoms with van der Waals surface area (Å²) in [5, 5.41) is 14.7. The van der Waals surface area contributed by atoms with Crippen LogP contribution < -0.4 is 10.0 Å². The highest BCUT2D eigenvalue weighted by molar-refractivity contribution is 7.89. The number of halogens is 4. The highest BCUT2D eigenvalue weighted by atomic mass is 32.2. The molecule has 0 amide bonds. The number of sulfonamides is 1. The van der Waals surface area contributed by atoms with Crippen LogP contribution in [0.5, 0.6) is 0 Å². The zero-order valence-corrected chi connectivity index (χ0v) is 22.5. The van der Waals surface area contributed by atoms with Crippen LogP contribution in [-0.4, -0.2) is 56.7 Å². The van der Waals surface area contributed by atoms with Gasteiger partial charge in [-0.1, -0.05) is 30.3 Å². The van der Waals surface area contributed by atoms with E-state index in [1.165, 1.54) is 17.7 Å². The van der Waals surface area contributed by atoms with Crippen LogP contribution in [0.4, 0.5) is 17.6 Å². The number of carboxylic acids is 1. The molecule has 2 aromatic carbocycles. The van der Waals surface area contributed by atoms with Crippen LogP contribution in [-0.2, 0) is 27.9 Å². The van der Waals surface area contributed by atoms with Gasteiger partial charge in [0, 0.05) is 26.2 Å². The first kappa shape index (κ1) is 30.7. The lowest BCUT2D eigenvalue weighted by Crippen LogP contribution is -2.33. The molecule has 0 aliphatic carbocycles. The van der Waals surface area contributed by atoms with E-state index in [0.717, 1.165) is 50.1 Å². The van der Waals surface area contributed by atoms with E-state index in [1.54, 1.807) is 17.4 Å². The van der Waals surface area contributed by atoms with Crippen molar-refractivity contribution in [3.05, 3.63) is 76.2 Å². The Morgan fingerprint density at radius 1 is 0.974 bits per heavy atom. The molecule has 13 heteroatoms. The molecule has 1 aromatic heterocycles. The topological polar surface area (TPSA) is 98.7 Å². The summed E-state index contributed by atoms with van der Waals surface area (Å²) < 4.78 is 74.0. The highest BCUT2D eigenvalue weighted by Gasteiger charge is 2.38. The fourth-order valence-electron chi connectivity index (χ4n) is 3.88. The van der Waals surface area contributed by atoms with E-state index in [1.807, 2.05) is 24.3 Å². The van der Waals surface area contributed by atoms with Crippen molar-refractivity contribution in [1.29, 1.82) is 0 Å². The molecule has 0 unspecified atom stereocenters. The molecule has 1 fully saturated rings. The van der Waals surface area contributed by atoms with Crippen molar-refractivity contribution in [2.75, 3.05) is 26.2 Å². The average molecular weight is 588 g/mol. The monoisotopic (exact) mass is 587 g/mol. The molecule has 212 valence electrons. The summed E-state index contributed by atoms with van der Waals surface area (Å²) >= 11 is 1.68. The number of alkyl halides is 3. The molecule has 0 saturated carbocycles. The van der Waals surface area contributed by atoms with Gasteiger partial charge in [-0.3, -0.25) is 0 Å². The molecule has 39 heavy (non-hydrogen) atoms. The van der Waals surface area contributed by atoms with Gasteiger partial charge in [-0.05, 0) is 77.1 Å².